The topological polar surface area (TPSA) is 38.9 Å². The summed E-state index contributed by atoms with van der Waals surface area (Å²) in [4.78, 5) is 4.37. The van der Waals surface area contributed by atoms with Crippen molar-refractivity contribution >= 4 is 16.3 Å². The van der Waals surface area contributed by atoms with Crippen LogP contribution in [0.5, 0.6) is 0 Å². The third kappa shape index (κ3) is 2.28. The lowest BCUT2D eigenvalue weighted by Crippen LogP contribution is -1.90. The number of nitrogen functional groups attached to an aromatic ring is 1. The molecule has 0 radical (unpaired) electrons. The Hall–Kier alpha value is -2.27. The SMILES string of the molecule is Nc1sc(-c2ccccc2)nc1-c1ccc(F)cc1F. The Morgan fingerprint density at radius 3 is 2.45 bits per heavy atom. The Kier molecular flexibility index (Phi) is 3.20. The summed E-state index contributed by atoms with van der Waals surface area (Å²) < 4.78 is 26.7. The molecule has 0 aliphatic heterocycles. The normalized spacial score (nSPS) is 10.7. The van der Waals surface area contributed by atoms with Gasteiger partial charge in [0.25, 0.3) is 0 Å². The molecule has 0 fully saturated rings. The fourth-order valence-electron chi connectivity index (χ4n) is 1.91. The minimum atomic E-state index is -0.665. The molecule has 0 spiro atoms. The van der Waals surface area contributed by atoms with E-state index in [2.05, 4.69) is 4.98 Å². The molecule has 2 N–H and O–H groups in total. The smallest absolute Gasteiger partial charge is 0.135 e. The van der Waals surface area contributed by atoms with Gasteiger partial charge in [0.1, 0.15) is 27.3 Å². The van der Waals surface area contributed by atoms with Crippen molar-refractivity contribution in [2.45, 2.75) is 0 Å². The van der Waals surface area contributed by atoms with Gasteiger partial charge in [-0.3, -0.25) is 0 Å². The van der Waals surface area contributed by atoms with E-state index < -0.39 is 11.6 Å². The van der Waals surface area contributed by atoms with Crippen molar-refractivity contribution in [3.8, 4) is 21.8 Å². The molecule has 0 atom stereocenters. The van der Waals surface area contributed by atoms with Crippen LogP contribution in [0.2, 0.25) is 0 Å². The number of hydrogen-bond acceptors (Lipinski definition) is 3. The van der Waals surface area contributed by atoms with Crippen LogP contribution < -0.4 is 5.73 Å². The standard InChI is InChI=1S/C15H10F2N2S/c16-10-6-7-11(12(17)8-10)13-14(18)20-15(19-13)9-4-2-1-3-5-9/h1-8H,18H2. The fourth-order valence-corrected chi connectivity index (χ4v) is 2.76. The molecule has 0 saturated heterocycles. The van der Waals surface area contributed by atoms with E-state index in [-0.39, 0.29) is 5.56 Å². The minimum absolute atomic E-state index is 0.210. The van der Waals surface area contributed by atoms with Crippen molar-refractivity contribution in [3.05, 3.63) is 60.2 Å². The Labute approximate surface area is 118 Å². The number of nitrogens with zero attached hydrogens (tertiary/aromatic N) is 1. The predicted molar refractivity (Wildman–Crippen MR) is 77.3 cm³/mol. The van der Waals surface area contributed by atoms with E-state index in [9.17, 15) is 8.78 Å². The average Bonchev–Trinajstić information content (AvgIpc) is 2.82. The van der Waals surface area contributed by atoms with Crippen LogP contribution in [0, 0.1) is 11.6 Å². The number of hydrogen-bond donors (Lipinski definition) is 1. The highest BCUT2D eigenvalue weighted by molar-refractivity contribution is 7.19. The highest BCUT2D eigenvalue weighted by Gasteiger charge is 2.15. The van der Waals surface area contributed by atoms with Gasteiger partial charge in [0.05, 0.1) is 0 Å². The van der Waals surface area contributed by atoms with Crippen molar-refractivity contribution < 1.29 is 8.78 Å². The maximum Gasteiger partial charge on any atom is 0.135 e. The summed E-state index contributed by atoms with van der Waals surface area (Å²) >= 11 is 1.28. The van der Waals surface area contributed by atoms with Crippen LogP contribution in [0.15, 0.2) is 48.5 Å². The molecule has 5 heteroatoms. The first-order valence-corrected chi connectivity index (χ1v) is 6.74. The summed E-state index contributed by atoms with van der Waals surface area (Å²) in [5, 5.41) is 1.12. The van der Waals surface area contributed by atoms with E-state index in [1.807, 2.05) is 30.3 Å². The lowest BCUT2D eigenvalue weighted by Gasteiger charge is -2.00. The number of thiazole rings is 1. The average molecular weight is 288 g/mol. The van der Waals surface area contributed by atoms with Gasteiger partial charge >= 0.3 is 0 Å². The number of rotatable bonds is 2. The first kappa shape index (κ1) is 12.7. The molecule has 1 heterocycles. The Bertz CT molecular complexity index is 754. The van der Waals surface area contributed by atoms with E-state index >= 15 is 0 Å². The van der Waals surface area contributed by atoms with E-state index in [1.165, 1.54) is 23.5 Å². The van der Waals surface area contributed by atoms with Gasteiger partial charge in [0.2, 0.25) is 0 Å². The molecule has 2 nitrogen and oxygen atoms in total. The van der Waals surface area contributed by atoms with Gasteiger partial charge in [0.15, 0.2) is 0 Å². The van der Waals surface area contributed by atoms with Gasteiger partial charge in [-0.15, -0.1) is 0 Å². The molecule has 3 rings (SSSR count). The maximum absolute atomic E-state index is 13.8. The van der Waals surface area contributed by atoms with Gasteiger partial charge in [-0.05, 0) is 12.1 Å². The zero-order valence-electron chi connectivity index (χ0n) is 10.3. The van der Waals surface area contributed by atoms with Crippen molar-refractivity contribution in [1.82, 2.24) is 4.98 Å². The molecule has 0 aliphatic rings. The van der Waals surface area contributed by atoms with Crippen LogP contribution in [0.4, 0.5) is 13.8 Å². The van der Waals surface area contributed by atoms with Gasteiger partial charge in [-0.25, -0.2) is 13.8 Å². The number of anilines is 1. The lowest BCUT2D eigenvalue weighted by atomic mass is 10.1. The second-order valence-corrected chi connectivity index (χ2v) is 5.25. The maximum atomic E-state index is 13.8. The largest absolute Gasteiger partial charge is 0.389 e. The van der Waals surface area contributed by atoms with Gasteiger partial charge in [-0.2, -0.15) is 0 Å². The van der Waals surface area contributed by atoms with Crippen LogP contribution in [-0.2, 0) is 0 Å². The Balaban J connectivity index is 2.10. The zero-order chi connectivity index (χ0) is 14.1. The summed E-state index contributed by atoms with van der Waals surface area (Å²) in [6, 6.07) is 12.9. The first-order chi connectivity index (χ1) is 9.65. The molecule has 100 valence electrons. The summed E-state index contributed by atoms with van der Waals surface area (Å²) in [6.07, 6.45) is 0. The molecule has 20 heavy (non-hydrogen) atoms. The van der Waals surface area contributed by atoms with E-state index in [0.29, 0.717) is 15.7 Å². The van der Waals surface area contributed by atoms with Gasteiger partial charge in [-0.1, -0.05) is 41.7 Å². The molecule has 0 aliphatic carbocycles. The van der Waals surface area contributed by atoms with Crippen molar-refractivity contribution in [3.63, 3.8) is 0 Å². The molecule has 1 aromatic heterocycles. The van der Waals surface area contributed by atoms with Gasteiger partial charge < -0.3 is 5.73 Å². The quantitative estimate of drug-likeness (QED) is 0.762. The molecule has 0 saturated carbocycles. The second kappa shape index (κ2) is 5.02. The molecule has 2 aromatic carbocycles. The molecular formula is C15H10F2N2S. The third-order valence-corrected chi connectivity index (χ3v) is 3.79. The minimum Gasteiger partial charge on any atom is -0.389 e. The molecule has 3 aromatic rings. The van der Waals surface area contributed by atoms with E-state index in [1.54, 1.807) is 0 Å². The van der Waals surface area contributed by atoms with E-state index in [4.69, 9.17) is 5.73 Å². The lowest BCUT2D eigenvalue weighted by molar-refractivity contribution is 0.585. The van der Waals surface area contributed by atoms with Crippen LogP contribution >= 0.6 is 11.3 Å². The van der Waals surface area contributed by atoms with E-state index in [0.717, 1.165) is 11.6 Å². The fraction of sp³-hybridized carbons (Fsp3) is 0. The highest BCUT2D eigenvalue weighted by Crippen LogP contribution is 2.36. The van der Waals surface area contributed by atoms with Crippen LogP contribution in [0.3, 0.4) is 0 Å². The van der Waals surface area contributed by atoms with Gasteiger partial charge in [0, 0.05) is 17.2 Å². The number of benzene rings is 2. The number of aromatic nitrogens is 1. The summed E-state index contributed by atoms with van der Waals surface area (Å²) in [7, 11) is 0. The summed E-state index contributed by atoms with van der Waals surface area (Å²) in [5.74, 6) is -1.29. The van der Waals surface area contributed by atoms with Crippen molar-refractivity contribution in [2.75, 3.05) is 5.73 Å². The zero-order valence-corrected chi connectivity index (χ0v) is 11.1. The summed E-state index contributed by atoms with van der Waals surface area (Å²) in [6.45, 7) is 0. The monoisotopic (exact) mass is 288 g/mol. The Morgan fingerprint density at radius 1 is 1.00 bits per heavy atom. The van der Waals surface area contributed by atoms with Crippen LogP contribution in [-0.4, -0.2) is 4.98 Å². The molecule has 0 amide bonds. The predicted octanol–water partition coefficient (Wildman–Crippen LogP) is 4.34. The Morgan fingerprint density at radius 2 is 1.75 bits per heavy atom. The number of halogens is 2. The summed E-state index contributed by atoms with van der Waals surface area (Å²) in [5.41, 5.74) is 7.39. The molecular weight excluding hydrogens is 278 g/mol. The van der Waals surface area contributed by atoms with Crippen LogP contribution in [0.25, 0.3) is 21.8 Å². The van der Waals surface area contributed by atoms with Crippen molar-refractivity contribution in [1.29, 1.82) is 0 Å². The second-order valence-electron chi connectivity index (χ2n) is 4.22. The first-order valence-electron chi connectivity index (χ1n) is 5.92. The number of nitrogens with two attached hydrogens (primary N) is 1. The highest BCUT2D eigenvalue weighted by atomic mass is 32.1. The third-order valence-electron chi connectivity index (χ3n) is 2.86. The molecule has 0 bridgehead atoms. The van der Waals surface area contributed by atoms with Crippen LogP contribution in [0.1, 0.15) is 0 Å². The van der Waals surface area contributed by atoms with Crippen molar-refractivity contribution in [2.24, 2.45) is 0 Å². The molecule has 0 unspecified atom stereocenters.